The lowest BCUT2D eigenvalue weighted by Gasteiger charge is -2.15. The van der Waals surface area contributed by atoms with Gasteiger partial charge in [-0.3, -0.25) is 0 Å². The van der Waals surface area contributed by atoms with Crippen LogP contribution in [0, 0.1) is 0 Å². The number of rotatable bonds is 1. The second-order valence-electron chi connectivity index (χ2n) is 2.61. The van der Waals surface area contributed by atoms with Gasteiger partial charge >= 0.3 is 6.18 Å². The Kier molecular flexibility index (Phi) is 2.87. The first-order chi connectivity index (χ1) is 5.91. The van der Waals surface area contributed by atoms with E-state index in [2.05, 4.69) is 12.6 Å². The Morgan fingerprint density at radius 2 is 1.62 bits per heavy atom. The van der Waals surface area contributed by atoms with Crippen LogP contribution in [0.3, 0.4) is 0 Å². The number of hydrogen-bond donors (Lipinski definition) is 2. The van der Waals surface area contributed by atoms with Gasteiger partial charge in [-0.05, 0) is 17.7 Å². The summed E-state index contributed by atoms with van der Waals surface area (Å²) in [5, 5.41) is 0. The standard InChI is InChI=1S/C8H8F3NS/c9-8(10,11)7(12)5-1-3-6(13)4-2-5/h1-4,7,13H,12H2/t7-/m0/s1. The summed E-state index contributed by atoms with van der Waals surface area (Å²) >= 11 is 3.95. The molecule has 0 aliphatic rings. The molecule has 72 valence electrons. The van der Waals surface area contributed by atoms with Gasteiger partial charge in [0.05, 0.1) is 0 Å². The van der Waals surface area contributed by atoms with Crippen LogP contribution in [0.2, 0.25) is 0 Å². The van der Waals surface area contributed by atoms with Crippen molar-refractivity contribution in [1.82, 2.24) is 0 Å². The van der Waals surface area contributed by atoms with Gasteiger partial charge in [0, 0.05) is 4.90 Å². The van der Waals surface area contributed by atoms with E-state index < -0.39 is 12.2 Å². The first-order valence-electron chi connectivity index (χ1n) is 3.52. The molecule has 1 aromatic carbocycles. The number of halogens is 3. The van der Waals surface area contributed by atoms with E-state index in [1.54, 1.807) is 0 Å². The number of hydrogen-bond acceptors (Lipinski definition) is 2. The molecule has 1 rings (SSSR count). The largest absolute Gasteiger partial charge is 0.407 e. The molecule has 0 aliphatic carbocycles. The molecule has 13 heavy (non-hydrogen) atoms. The highest BCUT2D eigenvalue weighted by Crippen LogP contribution is 2.30. The molecule has 1 aromatic rings. The lowest BCUT2D eigenvalue weighted by molar-refractivity contribution is -0.149. The highest BCUT2D eigenvalue weighted by atomic mass is 32.1. The van der Waals surface area contributed by atoms with Crippen LogP contribution >= 0.6 is 12.6 Å². The molecule has 0 heterocycles. The molecule has 0 saturated carbocycles. The van der Waals surface area contributed by atoms with Crippen LogP contribution in [-0.2, 0) is 0 Å². The number of alkyl halides is 3. The molecule has 0 bridgehead atoms. The third-order valence-corrected chi connectivity index (χ3v) is 1.90. The molecule has 0 radical (unpaired) electrons. The fraction of sp³-hybridized carbons (Fsp3) is 0.250. The van der Waals surface area contributed by atoms with Crippen LogP contribution in [0.4, 0.5) is 13.2 Å². The first kappa shape index (κ1) is 10.4. The maximum absolute atomic E-state index is 12.1. The number of nitrogens with two attached hydrogens (primary N) is 1. The summed E-state index contributed by atoms with van der Waals surface area (Å²) in [5.74, 6) is 0. The minimum absolute atomic E-state index is 0.0466. The Hall–Kier alpha value is -0.680. The van der Waals surface area contributed by atoms with E-state index in [1.165, 1.54) is 24.3 Å². The molecule has 1 nitrogen and oxygen atoms in total. The molecule has 1 atom stereocenters. The molecular weight excluding hydrogens is 199 g/mol. The number of benzene rings is 1. The quantitative estimate of drug-likeness (QED) is 0.680. The van der Waals surface area contributed by atoms with Crippen molar-refractivity contribution >= 4 is 12.6 Å². The van der Waals surface area contributed by atoms with Crippen molar-refractivity contribution in [3.63, 3.8) is 0 Å². The summed E-state index contributed by atoms with van der Waals surface area (Å²) < 4.78 is 36.3. The third-order valence-electron chi connectivity index (χ3n) is 1.60. The topological polar surface area (TPSA) is 26.0 Å². The summed E-state index contributed by atoms with van der Waals surface area (Å²) in [4.78, 5) is 0.609. The van der Waals surface area contributed by atoms with Gasteiger partial charge in [0.1, 0.15) is 6.04 Å². The van der Waals surface area contributed by atoms with Gasteiger partial charge in [0.2, 0.25) is 0 Å². The fourth-order valence-electron chi connectivity index (χ4n) is 0.871. The van der Waals surface area contributed by atoms with Gasteiger partial charge < -0.3 is 5.73 Å². The maximum Gasteiger partial charge on any atom is 0.407 e. The summed E-state index contributed by atoms with van der Waals surface area (Å²) in [5.41, 5.74) is 5.02. The Balaban J connectivity index is 2.90. The van der Waals surface area contributed by atoms with E-state index in [9.17, 15) is 13.2 Å². The summed E-state index contributed by atoms with van der Waals surface area (Å²) in [6, 6.07) is 3.68. The zero-order valence-electron chi connectivity index (χ0n) is 6.55. The minimum Gasteiger partial charge on any atom is -0.316 e. The van der Waals surface area contributed by atoms with Crippen LogP contribution in [0.15, 0.2) is 29.2 Å². The Morgan fingerprint density at radius 1 is 1.15 bits per heavy atom. The van der Waals surface area contributed by atoms with E-state index in [0.717, 1.165) is 0 Å². The molecule has 0 spiro atoms. The van der Waals surface area contributed by atoms with Gasteiger partial charge in [-0.1, -0.05) is 12.1 Å². The van der Waals surface area contributed by atoms with Crippen molar-refractivity contribution in [2.75, 3.05) is 0 Å². The Labute approximate surface area is 79.2 Å². The highest BCUT2D eigenvalue weighted by Gasteiger charge is 2.37. The molecule has 5 heteroatoms. The van der Waals surface area contributed by atoms with Crippen LogP contribution < -0.4 is 5.73 Å². The van der Waals surface area contributed by atoms with Gasteiger partial charge in [-0.25, -0.2) is 0 Å². The van der Waals surface area contributed by atoms with Crippen molar-refractivity contribution in [2.24, 2.45) is 5.73 Å². The predicted molar refractivity (Wildman–Crippen MR) is 46.7 cm³/mol. The van der Waals surface area contributed by atoms with Crippen LogP contribution in [0.25, 0.3) is 0 Å². The monoisotopic (exact) mass is 207 g/mol. The SMILES string of the molecule is N[C@@H](c1ccc(S)cc1)C(F)(F)F. The maximum atomic E-state index is 12.1. The molecule has 0 unspecified atom stereocenters. The van der Waals surface area contributed by atoms with Crippen molar-refractivity contribution in [2.45, 2.75) is 17.1 Å². The van der Waals surface area contributed by atoms with Crippen LogP contribution in [0.5, 0.6) is 0 Å². The van der Waals surface area contributed by atoms with Crippen molar-refractivity contribution in [3.05, 3.63) is 29.8 Å². The smallest absolute Gasteiger partial charge is 0.316 e. The van der Waals surface area contributed by atoms with Gasteiger partial charge in [-0.15, -0.1) is 12.6 Å². The first-order valence-corrected chi connectivity index (χ1v) is 3.97. The van der Waals surface area contributed by atoms with Crippen LogP contribution in [-0.4, -0.2) is 6.18 Å². The second-order valence-corrected chi connectivity index (χ2v) is 3.13. The van der Waals surface area contributed by atoms with E-state index in [0.29, 0.717) is 4.90 Å². The molecule has 0 aromatic heterocycles. The summed E-state index contributed by atoms with van der Waals surface area (Å²) in [6.45, 7) is 0. The average molecular weight is 207 g/mol. The predicted octanol–water partition coefficient (Wildman–Crippen LogP) is 2.54. The van der Waals surface area contributed by atoms with Crippen molar-refractivity contribution < 1.29 is 13.2 Å². The zero-order chi connectivity index (χ0) is 10.1. The Bertz CT molecular complexity index is 280. The minimum atomic E-state index is -4.39. The lowest BCUT2D eigenvalue weighted by atomic mass is 10.1. The average Bonchev–Trinajstić information content (AvgIpc) is 2.03. The van der Waals surface area contributed by atoms with Crippen LogP contribution in [0.1, 0.15) is 11.6 Å². The fourth-order valence-corrected chi connectivity index (χ4v) is 1.02. The summed E-state index contributed by atoms with van der Waals surface area (Å²) in [7, 11) is 0. The normalized spacial score (nSPS) is 14.2. The van der Waals surface area contributed by atoms with Gasteiger partial charge in [-0.2, -0.15) is 13.2 Å². The third kappa shape index (κ3) is 2.63. The zero-order valence-corrected chi connectivity index (χ0v) is 7.44. The lowest BCUT2D eigenvalue weighted by Crippen LogP contribution is -2.28. The van der Waals surface area contributed by atoms with E-state index in [-0.39, 0.29) is 5.56 Å². The number of thiol groups is 1. The Morgan fingerprint density at radius 3 is 2.00 bits per heavy atom. The van der Waals surface area contributed by atoms with E-state index in [4.69, 9.17) is 5.73 Å². The molecule has 0 aliphatic heterocycles. The molecule has 0 amide bonds. The molecule has 0 fully saturated rings. The highest BCUT2D eigenvalue weighted by molar-refractivity contribution is 7.80. The molecular formula is C8H8F3NS. The van der Waals surface area contributed by atoms with Crippen molar-refractivity contribution in [3.8, 4) is 0 Å². The van der Waals surface area contributed by atoms with Crippen molar-refractivity contribution in [1.29, 1.82) is 0 Å². The second kappa shape index (κ2) is 3.59. The van der Waals surface area contributed by atoms with Gasteiger partial charge in [0.25, 0.3) is 0 Å². The summed E-state index contributed by atoms with van der Waals surface area (Å²) in [6.07, 6.45) is -4.39. The molecule has 0 saturated heterocycles. The van der Waals surface area contributed by atoms with E-state index >= 15 is 0 Å². The van der Waals surface area contributed by atoms with E-state index in [1.807, 2.05) is 0 Å². The van der Waals surface area contributed by atoms with Gasteiger partial charge in [0.15, 0.2) is 0 Å². The molecule has 2 N–H and O–H groups in total.